The van der Waals surface area contributed by atoms with Crippen LogP contribution in [0.15, 0.2) is 102 Å². The summed E-state index contributed by atoms with van der Waals surface area (Å²) >= 11 is 3.68. The van der Waals surface area contributed by atoms with Crippen molar-refractivity contribution in [2.45, 2.75) is 0 Å². The lowest BCUT2D eigenvalue weighted by Crippen LogP contribution is -1.91. The third-order valence-electron chi connectivity index (χ3n) is 4.22. The van der Waals surface area contributed by atoms with Crippen LogP contribution in [0.2, 0.25) is 0 Å². The third kappa shape index (κ3) is 3.26. The lowest BCUT2D eigenvalue weighted by atomic mass is 9.94. The molecule has 0 aliphatic rings. The van der Waals surface area contributed by atoms with Crippen molar-refractivity contribution >= 4 is 15.9 Å². The maximum Gasteiger partial charge on any atom is 0.0708 e. The van der Waals surface area contributed by atoms with Crippen LogP contribution in [0.5, 0.6) is 0 Å². The number of rotatable bonds is 3. The Morgan fingerprint density at radius 3 is 1.84 bits per heavy atom. The third-order valence-corrected chi connectivity index (χ3v) is 4.91. The summed E-state index contributed by atoms with van der Waals surface area (Å²) in [4.78, 5) is 4.73. The predicted octanol–water partition coefficient (Wildman–Crippen LogP) is 6.85. The van der Waals surface area contributed by atoms with Crippen molar-refractivity contribution in [1.29, 1.82) is 0 Å². The van der Waals surface area contributed by atoms with E-state index in [1.165, 1.54) is 11.1 Å². The fraction of sp³-hybridized carbons (Fsp3) is 0. The van der Waals surface area contributed by atoms with Crippen LogP contribution >= 0.6 is 15.9 Å². The molecule has 1 nitrogen and oxygen atoms in total. The van der Waals surface area contributed by atoms with E-state index < -0.39 is 0 Å². The van der Waals surface area contributed by atoms with Gasteiger partial charge in [0.05, 0.1) is 5.69 Å². The summed E-state index contributed by atoms with van der Waals surface area (Å²) in [6, 6.07) is 31.2. The van der Waals surface area contributed by atoms with Gasteiger partial charge in [-0.1, -0.05) is 94.8 Å². The van der Waals surface area contributed by atoms with Crippen molar-refractivity contribution < 1.29 is 0 Å². The molecule has 2 heteroatoms. The second kappa shape index (κ2) is 7.04. The minimum atomic E-state index is 0.982. The number of benzene rings is 3. The lowest BCUT2D eigenvalue weighted by Gasteiger charge is -2.13. The predicted molar refractivity (Wildman–Crippen MR) is 108 cm³/mol. The van der Waals surface area contributed by atoms with Crippen LogP contribution in [-0.2, 0) is 0 Å². The average Bonchev–Trinajstić information content (AvgIpc) is 2.69. The highest BCUT2D eigenvalue weighted by molar-refractivity contribution is 9.10. The fourth-order valence-electron chi connectivity index (χ4n) is 2.97. The van der Waals surface area contributed by atoms with E-state index in [1.807, 2.05) is 36.5 Å². The SMILES string of the molecule is Brc1ccccc1-c1cnc(-c2ccccc2)cc1-c1ccccc1. The molecule has 0 unspecified atom stereocenters. The molecule has 4 aromatic rings. The molecule has 0 N–H and O–H groups in total. The van der Waals surface area contributed by atoms with Crippen LogP contribution in [-0.4, -0.2) is 4.98 Å². The molecule has 0 spiro atoms. The van der Waals surface area contributed by atoms with Crippen molar-refractivity contribution in [3.8, 4) is 33.5 Å². The van der Waals surface area contributed by atoms with Crippen LogP contribution in [0, 0.1) is 0 Å². The zero-order valence-corrected chi connectivity index (χ0v) is 15.1. The molecule has 1 aromatic heterocycles. The van der Waals surface area contributed by atoms with Crippen LogP contribution in [0.25, 0.3) is 33.5 Å². The van der Waals surface area contributed by atoms with Gasteiger partial charge in [-0.2, -0.15) is 0 Å². The van der Waals surface area contributed by atoms with Crippen molar-refractivity contribution in [1.82, 2.24) is 4.98 Å². The highest BCUT2D eigenvalue weighted by Gasteiger charge is 2.12. The standard InChI is InChI=1S/C23H16BrN/c24-22-14-8-7-13-19(22)21-16-25-23(18-11-5-2-6-12-18)15-20(21)17-9-3-1-4-10-17/h1-16H. The molecule has 0 amide bonds. The number of hydrogen-bond donors (Lipinski definition) is 0. The second-order valence-electron chi connectivity index (χ2n) is 5.83. The average molecular weight is 386 g/mol. The summed E-state index contributed by atoms with van der Waals surface area (Å²) < 4.78 is 1.07. The summed E-state index contributed by atoms with van der Waals surface area (Å²) in [5.41, 5.74) is 6.75. The Balaban J connectivity index is 1.95. The first-order chi connectivity index (χ1) is 12.3. The number of nitrogens with zero attached hydrogens (tertiary/aromatic N) is 1. The van der Waals surface area contributed by atoms with E-state index in [0.29, 0.717) is 0 Å². The van der Waals surface area contributed by atoms with Gasteiger partial charge < -0.3 is 0 Å². The van der Waals surface area contributed by atoms with Crippen LogP contribution in [0.3, 0.4) is 0 Å². The molecule has 3 aromatic carbocycles. The zero-order chi connectivity index (χ0) is 17.1. The van der Waals surface area contributed by atoms with Gasteiger partial charge in [-0.3, -0.25) is 4.98 Å². The first-order valence-electron chi connectivity index (χ1n) is 8.19. The minimum absolute atomic E-state index is 0.982. The molecular formula is C23H16BrN. The zero-order valence-electron chi connectivity index (χ0n) is 13.6. The molecular weight excluding hydrogens is 370 g/mol. The summed E-state index contributed by atoms with van der Waals surface area (Å²) in [5.74, 6) is 0. The molecule has 4 rings (SSSR count). The molecule has 120 valence electrons. The molecule has 0 atom stereocenters. The first-order valence-corrected chi connectivity index (χ1v) is 8.98. The molecule has 0 aliphatic carbocycles. The van der Waals surface area contributed by atoms with Gasteiger partial charge in [0.1, 0.15) is 0 Å². The van der Waals surface area contributed by atoms with E-state index in [1.54, 1.807) is 0 Å². The van der Waals surface area contributed by atoms with Crippen molar-refractivity contribution in [2.24, 2.45) is 0 Å². The Morgan fingerprint density at radius 1 is 0.560 bits per heavy atom. The largest absolute Gasteiger partial charge is 0.256 e. The fourth-order valence-corrected chi connectivity index (χ4v) is 3.47. The second-order valence-corrected chi connectivity index (χ2v) is 6.68. The Labute approximate surface area is 156 Å². The normalized spacial score (nSPS) is 10.6. The Kier molecular flexibility index (Phi) is 4.45. The van der Waals surface area contributed by atoms with Crippen molar-refractivity contribution in [3.05, 3.63) is 102 Å². The van der Waals surface area contributed by atoms with Crippen LogP contribution < -0.4 is 0 Å². The van der Waals surface area contributed by atoms with E-state index in [0.717, 1.165) is 26.9 Å². The molecule has 0 radical (unpaired) electrons. The number of halogens is 1. The molecule has 0 aliphatic heterocycles. The van der Waals surface area contributed by atoms with Gasteiger partial charge in [0.2, 0.25) is 0 Å². The summed E-state index contributed by atoms with van der Waals surface area (Å²) in [6.45, 7) is 0. The molecule has 25 heavy (non-hydrogen) atoms. The van der Waals surface area contributed by atoms with E-state index in [4.69, 9.17) is 4.98 Å². The van der Waals surface area contributed by atoms with E-state index in [-0.39, 0.29) is 0 Å². The van der Waals surface area contributed by atoms with E-state index >= 15 is 0 Å². The van der Waals surface area contributed by atoms with Crippen molar-refractivity contribution in [2.75, 3.05) is 0 Å². The van der Waals surface area contributed by atoms with Gasteiger partial charge in [0.25, 0.3) is 0 Å². The van der Waals surface area contributed by atoms with Crippen molar-refractivity contribution in [3.63, 3.8) is 0 Å². The molecule has 0 bridgehead atoms. The quantitative estimate of drug-likeness (QED) is 0.375. The van der Waals surface area contributed by atoms with Gasteiger partial charge in [-0.25, -0.2) is 0 Å². The van der Waals surface area contributed by atoms with Gasteiger partial charge in [0.15, 0.2) is 0 Å². The topological polar surface area (TPSA) is 12.9 Å². The Bertz CT molecular complexity index is 995. The molecule has 0 saturated carbocycles. The number of aromatic nitrogens is 1. The van der Waals surface area contributed by atoms with Gasteiger partial charge >= 0.3 is 0 Å². The molecule has 1 heterocycles. The number of hydrogen-bond acceptors (Lipinski definition) is 1. The maximum absolute atomic E-state index is 4.73. The Morgan fingerprint density at radius 2 is 1.16 bits per heavy atom. The smallest absolute Gasteiger partial charge is 0.0708 e. The van der Waals surface area contributed by atoms with Gasteiger partial charge in [-0.15, -0.1) is 0 Å². The summed E-state index contributed by atoms with van der Waals surface area (Å²) in [6.07, 6.45) is 1.98. The lowest BCUT2D eigenvalue weighted by molar-refractivity contribution is 1.32. The monoisotopic (exact) mass is 385 g/mol. The van der Waals surface area contributed by atoms with E-state index in [2.05, 4.69) is 76.6 Å². The molecule has 0 fully saturated rings. The maximum atomic E-state index is 4.73. The van der Waals surface area contributed by atoms with Gasteiger partial charge in [0, 0.05) is 21.8 Å². The summed E-state index contributed by atoms with van der Waals surface area (Å²) in [7, 11) is 0. The highest BCUT2D eigenvalue weighted by atomic mass is 79.9. The van der Waals surface area contributed by atoms with Gasteiger partial charge in [-0.05, 0) is 28.8 Å². The first kappa shape index (κ1) is 15.8. The van der Waals surface area contributed by atoms with Crippen LogP contribution in [0.4, 0.5) is 0 Å². The highest BCUT2D eigenvalue weighted by Crippen LogP contribution is 2.37. The Hall–Kier alpha value is -2.71. The number of pyridine rings is 1. The van der Waals surface area contributed by atoms with Crippen LogP contribution in [0.1, 0.15) is 0 Å². The summed E-state index contributed by atoms with van der Waals surface area (Å²) in [5, 5.41) is 0. The van der Waals surface area contributed by atoms with E-state index in [9.17, 15) is 0 Å². The molecule has 0 saturated heterocycles. The minimum Gasteiger partial charge on any atom is -0.256 e.